The second-order valence-corrected chi connectivity index (χ2v) is 5.43. The van der Waals surface area contributed by atoms with Crippen molar-refractivity contribution in [3.8, 4) is 6.07 Å². The SMILES string of the molecule is Cc1cc(C)cc(NC(=O)C(C#N)=Cc2ccccc2Cl)c1. The minimum atomic E-state index is -0.451. The Kier molecular flexibility index (Phi) is 4.98. The van der Waals surface area contributed by atoms with Crippen LogP contribution in [0, 0.1) is 25.2 Å². The van der Waals surface area contributed by atoms with Crippen LogP contribution in [0.4, 0.5) is 5.69 Å². The maximum Gasteiger partial charge on any atom is 0.266 e. The lowest BCUT2D eigenvalue weighted by atomic mass is 10.1. The van der Waals surface area contributed by atoms with Crippen molar-refractivity contribution in [2.24, 2.45) is 0 Å². The predicted octanol–water partition coefficient (Wildman–Crippen LogP) is 4.50. The summed E-state index contributed by atoms with van der Waals surface area (Å²) in [7, 11) is 0. The largest absolute Gasteiger partial charge is 0.321 e. The Morgan fingerprint density at radius 1 is 1.18 bits per heavy atom. The normalized spacial score (nSPS) is 10.9. The van der Waals surface area contributed by atoms with Crippen LogP contribution in [0.25, 0.3) is 6.08 Å². The first kappa shape index (κ1) is 15.8. The van der Waals surface area contributed by atoms with Crippen molar-refractivity contribution in [1.29, 1.82) is 5.26 Å². The number of anilines is 1. The summed E-state index contributed by atoms with van der Waals surface area (Å²) in [5, 5.41) is 12.5. The molecule has 0 saturated carbocycles. The zero-order valence-corrected chi connectivity index (χ0v) is 13.1. The third kappa shape index (κ3) is 3.97. The summed E-state index contributed by atoms with van der Waals surface area (Å²) in [6, 6.07) is 14.7. The fourth-order valence-electron chi connectivity index (χ4n) is 2.14. The molecule has 1 N–H and O–H groups in total. The fourth-order valence-corrected chi connectivity index (χ4v) is 2.33. The molecule has 0 aliphatic carbocycles. The van der Waals surface area contributed by atoms with E-state index in [1.54, 1.807) is 24.3 Å². The van der Waals surface area contributed by atoms with Gasteiger partial charge >= 0.3 is 0 Å². The van der Waals surface area contributed by atoms with Gasteiger partial charge in [0.05, 0.1) is 0 Å². The molecule has 0 aliphatic rings. The Labute approximate surface area is 134 Å². The molecule has 0 spiro atoms. The summed E-state index contributed by atoms with van der Waals surface area (Å²) >= 11 is 6.05. The standard InChI is InChI=1S/C18H15ClN2O/c1-12-7-13(2)9-16(8-12)21-18(22)15(11-20)10-14-5-3-4-6-17(14)19/h3-10H,1-2H3,(H,21,22). The number of amides is 1. The van der Waals surface area contributed by atoms with Crippen LogP contribution in [0.15, 0.2) is 48.0 Å². The van der Waals surface area contributed by atoms with Gasteiger partial charge in [-0.1, -0.05) is 35.9 Å². The van der Waals surface area contributed by atoms with E-state index in [1.165, 1.54) is 6.08 Å². The first-order valence-corrected chi connectivity index (χ1v) is 7.13. The molecule has 0 aliphatic heterocycles. The molecule has 0 fully saturated rings. The van der Waals surface area contributed by atoms with Crippen LogP contribution in [0.1, 0.15) is 16.7 Å². The Hall–Kier alpha value is -2.57. The fraction of sp³-hybridized carbons (Fsp3) is 0.111. The Morgan fingerprint density at radius 2 is 1.82 bits per heavy atom. The summed E-state index contributed by atoms with van der Waals surface area (Å²) < 4.78 is 0. The summed E-state index contributed by atoms with van der Waals surface area (Å²) in [5.41, 5.74) is 3.40. The van der Waals surface area contributed by atoms with Gasteiger partial charge in [0.15, 0.2) is 0 Å². The van der Waals surface area contributed by atoms with Crippen molar-refractivity contribution >= 4 is 29.3 Å². The number of benzene rings is 2. The van der Waals surface area contributed by atoms with Crippen molar-refractivity contribution in [2.75, 3.05) is 5.32 Å². The second-order valence-electron chi connectivity index (χ2n) is 5.02. The molecule has 2 aromatic rings. The van der Waals surface area contributed by atoms with Crippen LogP contribution in [0.2, 0.25) is 5.02 Å². The van der Waals surface area contributed by atoms with Gasteiger partial charge in [0, 0.05) is 10.7 Å². The zero-order chi connectivity index (χ0) is 16.1. The number of carbonyl (C=O) groups is 1. The number of nitrogens with one attached hydrogen (secondary N) is 1. The van der Waals surface area contributed by atoms with E-state index in [-0.39, 0.29) is 5.57 Å². The third-order valence-corrected chi connectivity index (χ3v) is 3.39. The number of aryl methyl sites for hydroxylation is 2. The minimum Gasteiger partial charge on any atom is -0.321 e. The highest BCUT2D eigenvalue weighted by molar-refractivity contribution is 6.32. The molecular weight excluding hydrogens is 296 g/mol. The summed E-state index contributed by atoms with van der Waals surface area (Å²) in [6.45, 7) is 3.90. The average Bonchev–Trinajstić information content (AvgIpc) is 2.45. The lowest BCUT2D eigenvalue weighted by Crippen LogP contribution is -2.13. The number of hydrogen-bond acceptors (Lipinski definition) is 2. The van der Waals surface area contributed by atoms with Gasteiger partial charge in [-0.3, -0.25) is 4.79 Å². The molecule has 1 amide bonds. The topological polar surface area (TPSA) is 52.9 Å². The molecule has 0 saturated heterocycles. The Balaban J connectivity index is 2.26. The van der Waals surface area contributed by atoms with E-state index in [2.05, 4.69) is 5.32 Å². The number of halogens is 1. The van der Waals surface area contributed by atoms with Gasteiger partial charge < -0.3 is 5.32 Å². The van der Waals surface area contributed by atoms with Crippen molar-refractivity contribution in [2.45, 2.75) is 13.8 Å². The molecule has 0 unspecified atom stereocenters. The lowest BCUT2D eigenvalue weighted by molar-refractivity contribution is -0.112. The first-order valence-electron chi connectivity index (χ1n) is 6.75. The van der Waals surface area contributed by atoms with Gasteiger partial charge in [-0.05, 0) is 54.8 Å². The molecule has 3 nitrogen and oxygen atoms in total. The van der Waals surface area contributed by atoms with Crippen LogP contribution in [-0.2, 0) is 4.79 Å². The van der Waals surface area contributed by atoms with E-state index in [0.717, 1.165) is 11.1 Å². The van der Waals surface area contributed by atoms with Crippen molar-refractivity contribution in [3.05, 3.63) is 69.8 Å². The van der Waals surface area contributed by atoms with Gasteiger partial charge in [0.2, 0.25) is 0 Å². The quantitative estimate of drug-likeness (QED) is 0.670. The highest BCUT2D eigenvalue weighted by Crippen LogP contribution is 2.19. The summed E-state index contributed by atoms with van der Waals surface area (Å²) in [6.07, 6.45) is 1.49. The Bertz CT molecular complexity index is 768. The van der Waals surface area contributed by atoms with Gasteiger partial charge in [-0.2, -0.15) is 5.26 Å². The number of nitrogens with zero attached hydrogens (tertiary/aromatic N) is 1. The number of nitriles is 1. The highest BCUT2D eigenvalue weighted by Gasteiger charge is 2.10. The van der Waals surface area contributed by atoms with Crippen LogP contribution in [0.3, 0.4) is 0 Å². The highest BCUT2D eigenvalue weighted by atomic mass is 35.5. The maximum absolute atomic E-state index is 12.2. The van der Waals surface area contributed by atoms with Crippen LogP contribution in [-0.4, -0.2) is 5.91 Å². The van der Waals surface area contributed by atoms with Crippen molar-refractivity contribution in [3.63, 3.8) is 0 Å². The minimum absolute atomic E-state index is 0.00672. The van der Waals surface area contributed by atoms with Crippen LogP contribution in [0.5, 0.6) is 0 Å². The van der Waals surface area contributed by atoms with Crippen molar-refractivity contribution < 1.29 is 4.79 Å². The van der Waals surface area contributed by atoms with Gasteiger partial charge in [0.25, 0.3) is 5.91 Å². The molecule has 22 heavy (non-hydrogen) atoms. The lowest BCUT2D eigenvalue weighted by Gasteiger charge is -2.07. The molecule has 0 heterocycles. The monoisotopic (exact) mass is 310 g/mol. The first-order chi connectivity index (χ1) is 10.5. The van der Waals surface area contributed by atoms with Crippen molar-refractivity contribution in [1.82, 2.24) is 0 Å². The molecule has 110 valence electrons. The summed E-state index contributed by atoms with van der Waals surface area (Å²) in [4.78, 5) is 12.2. The average molecular weight is 311 g/mol. The van der Waals surface area contributed by atoms with Crippen LogP contribution < -0.4 is 5.32 Å². The Morgan fingerprint density at radius 3 is 2.41 bits per heavy atom. The third-order valence-electron chi connectivity index (χ3n) is 3.05. The second kappa shape index (κ2) is 6.93. The molecule has 0 aromatic heterocycles. The van der Waals surface area contributed by atoms with E-state index in [9.17, 15) is 10.1 Å². The van der Waals surface area contributed by atoms with E-state index in [1.807, 2.05) is 38.1 Å². The van der Waals surface area contributed by atoms with Gasteiger partial charge in [0.1, 0.15) is 11.6 Å². The van der Waals surface area contributed by atoms with E-state index >= 15 is 0 Å². The molecule has 0 atom stereocenters. The molecule has 0 radical (unpaired) electrons. The molecule has 2 rings (SSSR count). The number of rotatable bonds is 3. The number of carbonyl (C=O) groups excluding carboxylic acids is 1. The van der Waals surface area contributed by atoms with Gasteiger partial charge in [-0.25, -0.2) is 0 Å². The summed E-state index contributed by atoms with van der Waals surface area (Å²) in [5.74, 6) is -0.451. The van der Waals surface area contributed by atoms with Crippen LogP contribution >= 0.6 is 11.6 Å². The molecule has 4 heteroatoms. The van der Waals surface area contributed by atoms with E-state index in [4.69, 9.17) is 11.6 Å². The number of hydrogen-bond donors (Lipinski definition) is 1. The molecule has 2 aromatic carbocycles. The van der Waals surface area contributed by atoms with Gasteiger partial charge in [-0.15, -0.1) is 0 Å². The molecular formula is C18H15ClN2O. The maximum atomic E-state index is 12.2. The smallest absolute Gasteiger partial charge is 0.266 e. The molecule has 0 bridgehead atoms. The van der Waals surface area contributed by atoms with E-state index in [0.29, 0.717) is 16.3 Å². The van der Waals surface area contributed by atoms with E-state index < -0.39 is 5.91 Å². The predicted molar refractivity (Wildman–Crippen MR) is 89.6 cm³/mol. The zero-order valence-electron chi connectivity index (χ0n) is 12.4.